The molecule has 1 aliphatic heterocycles. The van der Waals surface area contributed by atoms with Gasteiger partial charge in [-0.3, -0.25) is 14.2 Å². The largest absolute Gasteiger partial charge is 0.490 e. The Morgan fingerprint density at radius 3 is 2.67 bits per heavy atom. The molecule has 0 aliphatic carbocycles. The van der Waals surface area contributed by atoms with Crippen molar-refractivity contribution in [1.82, 2.24) is 19.3 Å². The van der Waals surface area contributed by atoms with Crippen LogP contribution in [-0.4, -0.2) is 38.3 Å². The van der Waals surface area contributed by atoms with E-state index in [1.165, 1.54) is 17.1 Å². The van der Waals surface area contributed by atoms with Crippen LogP contribution in [-0.2, 0) is 6.54 Å². The van der Waals surface area contributed by atoms with Crippen LogP contribution in [0.3, 0.4) is 0 Å². The molecule has 0 atom stereocenters. The molecule has 0 bridgehead atoms. The third-order valence-electron chi connectivity index (χ3n) is 4.94. The van der Waals surface area contributed by atoms with Crippen molar-refractivity contribution >= 4 is 16.8 Å². The Balaban J connectivity index is 1.44. The molecular formula is C22H18N4O4. The number of hydrogen-bond donors (Lipinski definition) is 0. The number of fused-ring (bicyclic) bond motifs is 2. The van der Waals surface area contributed by atoms with Crippen LogP contribution in [0.2, 0.25) is 0 Å². The Labute approximate surface area is 171 Å². The van der Waals surface area contributed by atoms with Crippen LogP contribution in [0.5, 0.6) is 11.5 Å². The lowest BCUT2D eigenvalue weighted by Crippen LogP contribution is -2.24. The van der Waals surface area contributed by atoms with Gasteiger partial charge in [0, 0.05) is 12.0 Å². The number of ether oxygens (including phenoxy) is 2. The predicted octanol–water partition coefficient (Wildman–Crippen LogP) is 2.63. The highest BCUT2D eigenvalue weighted by molar-refractivity contribution is 5.96. The number of para-hydroxylation sites is 1. The van der Waals surface area contributed by atoms with Crippen molar-refractivity contribution < 1.29 is 14.3 Å². The first kappa shape index (κ1) is 18.1. The van der Waals surface area contributed by atoms with Crippen LogP contribution in [0.25, 0.3) is 16.7 Å². The molecule has 0 fully saturated rings. The van der Waals surface area contributed by atoms with Gasteiger partial charge in [0.2, 0.25) is 0 Å². The molecule has 0 N–H and O–H groups in total. The zero-order valence-electron chi connectivity index (χ0n) is 16.0. The average molecular weight is 402 g/mol. The van der Waals surface area contributed by atoms with Gasteiger partial charge in [-0.05, 0) is 30.3 Å². The first-order valence-electron chi connectivity index (χ1n) is 9.62. The highest BCUT2D eigenvalue weighted by Gasteiger charge is 2.17. The predicted molar refractivity (Wildman–Crippen MR) is 110 cm³/mol. The van der Waals surface area contributed by atoms with Crippen molar-refractivity contribution in [2.24, 2.45) is 0 Å². The Kier molecular flexibility index (Phi) is 4.51. The van der Waals surface area contributed by atoms with Crippen LogP contribution in [0.4, 0.5) is 0 Å². The lowest BCUT2D eigenvalue weighted by Gasteiger charge is -2.10. The minimum Gasteiger partial charge on any atom is -0.490 e. The first-order valence-corrected chi connectivity index (χ1v) is 9.62. The third-order valence-corrected chi connectivity index (χ3v) is 4.94. The van der Waals surface area contributed by atoms with E-state index in [-0.39, 0.29) is 17.9 Å². The maximum Gasteiger partial charge on any atom is 0.264 e. The number of carbonyl (C=O) groups is 1. The molecule has 0 radical (unpaired) electrons. The van der Waals surface area contributed by atoms with Crippen LogP contribution < -0.4 is 15.0 Å². The van der Waals surface area contributed by atoms with Gasteiger partial charge in [0.15, 0.2) is 22.9 Å². The van der Waals surface area contributed by atoms with Crippen molar-refractivity contribution in [2.75, 3.05) is 13.2 Å². The lowest BCUT2D eigenvalue weighted by molar-refractivity contribution is 0.0970. The van der Waals surface area contributed by atoms with Gasteiger partial charge in [0.1, 0.15) is 11.7 Å². The van der Waals surface area contributed by atoms with Gasteiger partial charge in [-0.25, -0.2) is 9.67 Å². The van der Waals surface area contributed by atoms with Gasteiger partial charge in [-0.2, -0.15) is 5.10 Å². The van der Waals surface area contributed by atoms with Crippen molar-refractivity contribution in [3.63, 3.8) is 0 Å². The fourth-order valence-electron chi connectivity index (χ4n) is 3.40. The van der Waals surface area contributed by atoms with Crippen molar-refractivity contribution in [3.8, 4) is 17.2 Å². The van der Waals surface area contributed by atoms with E-state index in [4.69, 9.17) is 9.47 Å². The molecule has 5 rings (SSSR count). The van der Waals surface area contributed by atoms with E-state index in [0.717, 1.165) is 12.1 Å². The van der Waals surface area contributed by atoms with Crippen LogP contribution in [0.1, 0.15) is 16.8 Å². The summed E-state index contributed by atoms with van der Waals surface area (Å²) in [5.41, 5.74) is 1.39. The summed E-state index contributed by atoms with van der Waals surface area (Å²) >= 11 is 0. The van der Waals surface area contributed by atoms with Gasteiger partial charge < -0.3 is 9.47 Å². The van der Waals surface area contributed by atoms with E-state index in [0.29, 0.717) is 41.3 Å². The number of carbonyl (C=O) groups excluding carboxylic acids is 1. The highest BCUT2D eigenvalue weighted by atomic mass is 16.5. The monoisotopic (exact) mass is 402 g/mol. The van der Waals surface area contributed by atoms with Crippen molar-refractivity contribution in [3.05, 3.63) is 77.0 Å². The fourth-order valence-corrected chi connectivity index (χ4v) is 3.40. The minimum absolute atomic E-state index is 0.127. The second kappa shape index (κ2) is 7.47. The molecule has 1 aliphatic rings. The summed E-state index contributed by atoms with van der Waals surface area (Å²) in [7, 11) is 0. The van der Waals surface area contributed by atoms with Crippen LogP contribution in [0, 0.1) is 0 Å². The molecule has 3 heterocycles. The molecule has 8 heteroatoms. The summed E-state index contributed by atoms with van der Waals surface area (Å²) in [5, 5.41) is 4.64. The van der Waals surface area contributed by atoms with Crippen molar-refractivity contribution in [2.45, 2.75) is 13.0 Å². The van der Waals surface area contributed by atoms with Gasteiger partial charge in [0.05, 0.1) is 31.6 Å². The normalized spacial score (nSPS) is 13.2. The number of ketones is 1. The zero-order chi connectivity index (χ0) is 20.5. The van der Waals surface area contributed by atoms with E-state index >= 15 is 0 Å². The second-order valence-electron chi connectivity index (χ2n) is 6.94. The van der Waals surface area contributed by atoms with Crippen LogP contribution >= 0.6 is 0 Å². The van der Waals surface area contributed by atoms with E-state index in [1.54, 1.807) is 22.9 Å². The number of benzene rings is 2. The molecule has 150 valence electrons. The van der Waals surface area contributed by atoms with E-state index in [9.17, 15) is 9.59 Å². The topological polar surface area (TPSA) is 88.2 Å². The van der Waals surface area contributed by atoms with Gasteiger partial charge >= 0.3 is 0 Å². The lowest BCUT2D eigenvalue weighted by atomic mass is 10.1. The number of hydrogen-bond acceptors (Lipinski definition) is 6. The average Bonchev–Trinajstić information content (AvgIpc) is 3.07. The molecule has 2 aromatic carbocycles. The minimum atomic E-state index is -0.315. The highest BCUT2D eigenvalue weighted by Crippen LogP contribution is 2.30. The maximum absolute atomic E-state index is 12.9. The summed E-state index contributed by atoms with van der Waals surface area (Å²) in [6, 6.07) is 14.5. The molecular weight excluding hydrogens is 384 g/mol. The smallest absolute Gasteiger partial charge is 0.264 e. The summed E-state index contributed by atoms with van der Waals surface area (Å²) in [6.07, 6.45) is 3.65. The summed E-state index contributed by atoms with van der Waals surface area (Å²) in [4.78, 5) is 30.1. The standard InChI is InChI=1S/C22H18N4O4/c27-18(15-7-8-19-20(11-15)30-10-4-9-29-19)13-25-14-23-21-17(22(25)28)12-24-26(21)16-5-2-1-3-6-16/h1-3,5-8,11-12,14H,4,9-10,13H2. The molecule has 0 saturated carbocycles. The Morgan fingerprint density at radius 2 is 1.83 bits per heavy atom. The summed E-state index contributed by atoms with van der Waals surface area (Å²) < 4.78 is 14.1. The second-order valence-corrected chi connectivity index (χ2v) is 6.94. The molecule has 2 aromatic heterocycles. The Bertz CT molecular complexity index is 1290. The fraction of sp³-hybridized carbons (Fsp3) is 0.182. The Morgan fingerprint density at radius 1 is 1.03 bits per heavy atom. The maximum atomic E-state index is 12.9. The van der Waals surface area contributed by atoms with Crippen LogP contribution in [0.15, 0.2) is 65.8 Å². The molecule has 4 aromatic rings. The molecule has 0 unspecified atom stereocenters. The summed E-state index contributed by atoms with van der Waals surface area (Å²) in [6.45, 7) is 0.992. The number of aromatic nitrogens is 4. The van der Waals surface area contributed by atoms with E-state index < -0.39 is 0 Å². The molecule has 8 nitrogen and oxygen atoms in total. The Hall–Kier alpha value is -3.94. The van der Waals surface area contributed by atoms with Crippen molar-refractivity contribution in [1.29, 1.82) is 0 Å². The number of rotatable bonds is 4. The molecule has 0 saturated heterocycles. The summed E-state index contributed by atoms with van der Waals surface area (Å²) in [5.74, 6) is 0.949. The van der Waals surface area contributed by atoms with Gasteiger partial charge in [0.25, 0.3) is 5.56 Å². The SMILES string of the molecule is O=C(Cn1cnc2c(cnn2-c2ccccc2)c1=O)c1ccc2c(c1)OCCCO2. The van der Waals surface area contributed by atoms with Gasteiger partial charge in [-0.1, -0.05) is 18.2 Å². The molecule has 0 amide bonds. The quantitative estimate of drug-likeness (QED) is 0.488. The first-order chi connectivity index (χ1) is 14.7. The van der Waals surface area contributed by atoms with E-state index in [2.05, 4.69) is 10.1 Å². The molecule has 30 heavy (non-hydrogen) atoms. The number of Topliss-reactive ketones (excluding diaryl/α,β-unsaturated/α-hetero) is 1. The van der Waals surface area contributed by atoms with E-state index in [1.807, 2.05) is 30.3 Å². The third kappa shape index (κ3) is 3.22. The van der Waals surface area contributed by atoms with Gasteiger partial charge in [-0.15, -0.1) is 0 Å². The molecule has 0 spiro atoms. The number of nitrogens with zero attached hydrogens (tertiary/aromatic N) is 4. The zero-order valence-corrected chi connectivity index (χ0v) is 16.0.